The highest BCUT2D eigenvalue weighted by atomic mass is 79.9. The number of Topliss-reactive ketones (excluding diaryl/α,β-unsaturated/α-hetero) is 1. The highest BCUT2D eigenvalue weighted by Crippen LogP contribution is 2.27. The van der Waals surface area contributed by atoms with Gasteiger partial charge in [-0.2, -0.15) is 16.9 Å². The van der Waals surface area contributed by atoms with Crippen molar-refractivity contribution in [2.75, 3.05) is 17.3 Å². The van der Waals surface area contributed by atoms with Gasteiger partial charge >= 0.3 is 0 Å². The first-order valence-corrected chi connectivity index (χ1v) is 9.07. The summed E-state index contributed by atoms with van der Waals surface area (Å²) in [6.45, 7) is 4.83. The summed E-state index contributed by atoms with van der Waals surface area (Å²) in [6.07, 6.45) is 0.494. The number of aryl methyl sites for hydroxylation is 2. The predicted octanol–water partition coefficient (Wildman–Crippen LogP) is 2.93. The molecule has 1 unspecified atom stereocenters. The number of hydrogen-bond donors (Lipinski definition) is 0. The van der Waals surface area contributed by atoms with Gasteiger partial charge in [0.25, 0.3) is 0 Å². The Labute approximate surface area is 125 Å². The molecule has 0 spiro atoms. The van der Waals surface area contributed by atoms with E-state index in [9.17, 15) is 4.79 Å². The fraction of sp³-hybridized carbons (Fsp3) is 0.667. The zero-order valence-corrected chi connectivity index (χ0v) is 13.8. The molecule has 1 aromatic heterocycles. The highest BCUT2D eigenvalue weighted by molar-refractivity contribution is 9.10. The molecule has 2 rings (SSSR count). The summed E-state index contributed by atoms with van der Waals surface area (Å²) in [6, 6.07) is 0. The molecule has 1 aromatic rings. The summed E-state index contributed by atoms with van der Waals surface area (Å²) in [5.74, 6) is 3.56. The van der Waals surface area contributed by atoms with Crippen molar-refractivity contribution in [1.29, 1.82) is 0 Å². The normalized spacial score (nSPS) is 20.1. The highest BCUT2D eigenvalue weighted by Gasteiger charge is 2.24. The van der Waals surface area contributed by atoms with Gasteiger partial charge in [0.1, 0.15) is 0 Å². The van der Waals surface area contributed by atoms with E-state index in [4.69, 9.17) is 0 Å². The Balaban J connectivity index is 2.10. The minimum atomic E-state index is 0.163. The number of thioether (sulfide) groups is 2. The third kappa shape index (κ3) is 3.14. The van der Waals surface area contributed by atoms with Crippen LogP contribution in [0.25, 0.3) is 0 Å². The number of carbonyl (C=O) groups is 1. The van der Waals surface area contributed by atoms with Crippen LogP contribution in [0.15, 0.2) is 4.47 Å². The number of nitrogens with zero attached hydrogens (tertiary/aromatic N) is 2. The Bertz CT molecular complexity index is 442. The monoisotopic (exact) mass is 348 g/mol. The maximum Gasteiger partial charge on any atom is 0.152 e. The third-order valence-electron chi connectivity index (χ3n) is 2.97. The summed E-state index contributed by atoms with van der Waals surface area (Å²) in [5.41, 5.74) is 1.99. The Morgan fingerprint density at radius 2 is 2.33 bits per heavy atom. The van der Waals surface area contributed by atoms with Gasteiger partial charge in [-0.3, -0.25) is 9.48 Å². The molecule has 1 atom stereocenters. The smallest absolute Gasteiger partial charge is 0.152 e. The van der Waals surface area contributed by atoms with Gasteiger partial charge in [-0.15, -0.1) is 11.8 Å². The van der Waals surface area contributed by atoms with Crippen LogP contribution in [0.1, 0.15) is 18.3 Å². The maximum atomic E-state index is 12.3. The fourth-order valence-corrected chi connectivity index (χ4v) is 5.06. The Hall–Kier alpha value is 0.0600. The minimum absolute atomic E-state index is 0.163. The fourth-order valence-electron chi connectivity index (χ4n) is 1.99. The zero-order valence-electron chi connectivity index (χ0n) is 10.6. The first-order valence-electron chi connectivity index (χ1n) is 6.07. The van der Waals surface area contributed by atoms with Gasteiger partial charge in [-0.1, -0.05) is 0 Å². The maximum absolute atomic E-state index is 12.3. The molecule has 18 heavy (non-hydrogen) atoms. The van der Waals surface area contributed by atoms with Crippen LogP contribution < -0.4 is 0 Å². The number of halogens is 1. The molecule has 0 aromatic carbocycles. The lowest BCUT2D eigenvalue weighted by Gasteiger charge is -2.19. The number of carbonyl (C=O) groups excluding carboxylic acids is 1. The molecule has 0 aliphatic carbocycles. The van der Waals surface area contributed by atoms with Crippen molar-refractivity contribution >= 4 is 45.2 Å². The second-order valence-electron chi connectivity index (χ2n) is 4.24. The second kappa shape index (κ2) is 6.48. The zero-order chi connectivity index (χ0) is 13.1. The van der Waals surface area contributed by atoms with Gasteiger partial charge in [0.15, 0.2) is 5.78 Å². The van der Waals surface area contributed by atoms with Crippen LogP contribution in [0.2, 0.25) is 0 Å². The molecule has 1 saturated heterocycles. The largest absolute Gasteiger partial charge is 0.298 e. The SMILES string of the molecule is CCn1nc(C)c(Br)c1CC(=O)C1CSCCS1. The van der Waals surface area contributed by atoms with Crippen LogP contribution in [0.5, 0.6) is 0 Å². The molecule has 1 aliphatic heterocycles. The number of aromatic nitrogens is 2. The predicted molar refractivity (Wildman–Crippen MR) is 82.6 cm³/mol. The summed E-state index contributed by atoms with van der Waals surface area (Å²) >= 11 is 7.23. The van der Waals surface area contributed by atoms with Crippen LogP contribution in [0.4, 0.5) is 0 Å². The van der Waals surface area contributed by atoms with E-state index in [1.807, 2.05) is 23.4 Å². The Kier molecular flexibility index (Phi) is 5.21. The second-order valence-corrected chi connectivity index (χ2v) is 7.49. The number of ketones is 1. The van der Waals surface area contributed by atoms with Gasteiger partial charge < -0.3 is 0 Å². The van der Waals surface area contributed by atoms with Crippen LogP contribution in [-0.2, 0) is 17.8 Å². The number of hydrogen-bond acceptors (Lipinski definition) is 4. The van der Waals surface area contributed by atoms with Crippen molar-refractivity contribution in [3.8, 4) is 0 Å². The van der Waals surface area contributed by atoms with Crippen molar-refractivity contribution in [2.45, 2.75) is 32.1 Å². The quantitative estimate of drug-likeness (QED) is 0.837. The van der Waals surface area contributed by atoms with Crippen LogP contribution in [0.3, 0.4) is 0 Å². The Morgan fingerprint density at radius 3 is 2.94 bits per heavy atom. The van der Waals surface area contributed by atoms with E-state index >= 15 is 0 Å². The average Bonchev–Trinajstić information content (AvgIpc) is 2.67. The first-order chi connectivity index (χ1) is 8.63. The van der Waals surface area contributed by atoms with Crippen molar-refractivity contribution in [2.24, 2.45) is 0 Å². The van der Waals surface area contributed by atoms with Crippen LogP contribution >= 0.6 is 39.5 Å². The van der Waals surface area contributed by atoms with E-state index in [1.54, 1.807) is 11.8 Å². The van der Waals surface area contributed by atoms with Crippen molar-refractivity contribution in [3.63, 3.8) is 0 Å². The molecule has 0 saturated carbocycles. The van der Waals surface area contributed by atoms with Gasteiger partial charge in [0, 0.05) is 23.8 Å². The van der Waals surface area contributed by atoms with Crippen LogP contribution in [0, 0.1) is 6.92 Å². The minimum Gasteiger partial charge on any atom is -0.298 e. The molecule has 3 nitrogen and oxygen atoms in total. The van der Waals surface area contributed by atoms with E-state index in [0.717, 1.165) is 33.9 Å². The van der Waals surface area contributed by atoms with Gasteiger partial charge in [-0.25, -0.2) is 0 Å². The van der Waals surface area contributed by atoms with E-state index in [1.165, 1.54) is 5.75 Å². The van der Waals surface area contributed by atoms with E-state index in [2.05, 4.69) is 28.0 Å². The van der Waals surface area contributed by atoms with Crippen LogP contribution in [-0.4, -0.2) is 38.1 Å². The topological polar surface area (TPSA) is 34.9 Å². The molecule has 2 heterocycles. The average molecular weight is 349 g/mol. The standard InChI is InChI=1S/C12H17BrN2OS2/c1-3-15-9(12(13)8(2)14-15)6-10(16)11-7-17-4-5-18-11/h11H,3-7H2,1-2H3. The molecule has 0 N–H and O–H groups in total. The van der Waals surface area contributed by atoms with E-state index < -0.39 is 0 Å². The third-order valence-corrected chi connectivity index (χ3v) is 6.80. The van der Waals surface area contributed by atoms with Crippen molar-refractivity contribution < 1.29 is 4.79 Å². The summed E-state index contributed by atoms with van der Waals surface area (Å²) in [7, 11) is 0. The Morgan fingerprint density at radius 1 is 1.56 bits per heavy atom. The first kappa shape index (κ1) is 14.5. The molecule has 1 fully saturated rings. The van der Waals surface area contributed by atoms with Gasteiger partial charge in [0.2, 0.25) is 0 Å². The number of rotatable bonds is 4. The summed E-state index contributed by atoms with van der Waals surface area (Å²) < 4.78 is 2.92. The van der Waals surface area contributed by atoms with Crippen molar-refractivity contribution in [1.82, 2.24) is 9.78 Å². The molecular weight excluding hydrogens is 332 g/mol. The lowest BCUT2D eigenvalue weighted by molar-refractivity contribution is -0.117. The molecule has 100 valence electrons. The molecule has 0 amide bonds. The van der Waals surface area contributed by atoms with Gasteiger partial charge in [0.05, 0.1) is 27.5 Å². The molecule has 0 radical (unpaired) electrons. The summed E-state index contributed by atoms with van der Waals surface area (Å²) in [5, 5.41) is 4.60. The summed E-state index contributed by atoms with van der Waals surface area (Å²) in [4.78, 5) is 12.3. The van der Waals surface area contributed by atoms with Crippen molar-refractivity contribution in [3.05, 3.63) is 15.9 Å². The molecular formula is C12H17BrN2OS2. The lowest BCUT2D eigenvalue weighted by Crippen LogP contribution is -2.26. The van der Waals surface area contributed by atoms with E-state index in [0.29, 0.717) is 12.2 Å². The molecule has 6 heteroatoms. The van der Waals surface area contributed by atoms with Gasteiger partial charge in [-0.05, 0) is 29.8 Å². The lowest BCUT2D eigenvalue weighted by atomic mass is 10.1. The van der Waals surface area contributed by atoms with E-state index in [-0.39, 0.29) is 5.25 Å². The molecule has 1 aliphatic rings. The molecule has 0 bridgehead atoms.